The first-order chi connectivity index (χ1) is 14.2. The van der Waals surface area contributed by atoms with Crippen molar-refractivity contribution in [1.82, 2.24) is 4.57 Å². The fourth-order valence-electron chi connectivity index (χ4n) is 4.38. The Bertz CT molecular complexity index is 1110. The SMILES string of the molecule is Cc1cn(-c2ccccc2C(F)(F)F)c(C)c1C(=O)N1c2ccccc2CCC1C. The Morgan fingerprint density at radius 1 is 1.00 bits per heavy atom. The number of hydrogen-bond donors (Lipinski definition) is 0. The zero-order valence-electron chi connectivity index (χ0n) is 17.1. The van der Waals surface area contributed by atoms with Crippen molar-refractivity contribution in [2.24, 2.45) is 0 Å². The van der Waals surface area contributed by atoms with Gasteiger partial charge in [0.1, 0.15) is 0 Å². The van der Waals surface area contributed by atoms with Crippen molar-refractivity contribution in [3.63, 3.8) is 0 Å². The van der Waals surface area contributed by atoms with Crippen LogP contribution in [0.1, 0.15) is 46.1 Å². The average molecular weight is 412 g/mol. The van der Waals surface area contributed by atoms with E-state index in [1.54, 1.807) is 31.0 Å². The van der Waals surface area contributed by atoms with Crippen molar-refractivity contribution in [3.05, 3.63) is 82.7 Å². The fourth-order valence-corrected chi connectivity index (χ4v) is 4.38. The predicted molar refractivity (Wildman–Crippen MR) is 111 cm³/mol. The lowest BCUT2D eigenvalue weighted by Gasteiger charge is -2.35. The van der Waals surface area contributed by atoms with Crippen molar-refractivity contribution in [2.45, 2.75) is 45.8 Å². The summed E-state index contributed by atoms with van der Waals surface area (Å²) in [4.78, 5) is 15.4. The fraction of sp³-hybridized carbons (Fsp3) is 0.292. The number of benzene rings is 2. The Labute approximate surface area is 173 Å². The number of aryl methyl sites for hydroxylation is 2. The van der Waals surface area contributed by atoms with Crippen LogP contribution in [0.15, 0.2) is 54.7 Å². The maximum absolute atomic E-state index is 13.6. The molecule has 2 heterocycles. The van der Waals surface area contributed by atoms with Gasteiger partial charge in [0.05, 0.1) is 16.8 Å². The zero-order valence-corrected chi connectivity index (χ0v) is 17.1. The third kappa shape index (κ3) is 3.30. The molecule has 0 N–H and O–H groups in total. The number of rotatable bonds is 2. The zero-order chi connectivity index (χ0) is 21.6. The number of halogens is 3. The third-order valence-electron chi connectivity index (χ3n) is 5.87. The molecule has 0 bridgehead atoms. The number of anilines is 1. The molecule has 0 radical (unpaired) electrons. The molecule has 2 aromatic carbocycles. The molecule has 1 atom stereocenters. The van der Waals surface area contributed by atoms with Crippen molar-refractivity contribution >= 4 is 11.6 Å². The lowest BCUT2D eigenvalue weighted by molar-refractivity contribution is -0.137. The lowest BCUT2D eigenvalue weighted by atomic mass is 9.95. The van der Waals surface area contributed by atoms with Gasteiger partial charge in [-0.2, -0.15) is 13.2 Å². The van der Waals surface area contributed by atoms with Crippen LogP contribution in [-0.4, -0.2) is 16.5 Å². The third-order valence-corrected chi connectivity index (χ3v) is 5.87. The van der Waals surface area contributed by atoms with Crippen LogP contribution >= 0.6 is 0 Å². The van der Waals surface area contributed by atoms with Gasteiger partial charge in [-0.3, -0.25) is 4.79 Å². The first kappa shape index (κ1) is 20.3. The van der Waals surface area contributed by atoms with Crippen LogP contribution in [-0.2, 0) is 12.6 Å². The van der Waals surface area contributed by atoms with Crippen LogP contribution in [0.4, 0.5) is 18.9 Å². The minimum atomic E-state index is -4.48. The van der Waals surface area contributed by atoms with Crippen LogP contribution in [0.3, 0.4) is 0 Å². The highest BCUT2D eigenvalue weighted by Crippen LogP contribution is 2.37. The highest BCUT2D eigenvalue weighted by Gasteiger charge is 2.35. The Morgan fingerprint density at radius 3 is 2.33 bits per heavy atom. The molecule has 0 aliphatic carbocycles. The molecular weight excluding hydrogens is 389 g/mol. The highest BCUT2D eigenvalue weighted by molar-refractivity contribution is 6.09. The van der Waals surface area contributed by atoms with E-state index >= 15 is 0 Å². The molecule has 6 heteroatoms. The second kappa shape index (κ2) is 7.35. The van der Waals surface area contributed by atoms with E-state index in [4.69, 9.17) is 0 Å². The molecule has 1 aliphatic heterocycles. The maximum atomic E-state index is 13.6. The number of fused-ring (bicyclic) bond motifs is 1. The van der Waals surface area contributed by atoms with E-state index in [1.807, 2.05) is 31.2 Å². The van der Waals surface area contributed by atoms with Crippen LogP contribution in [0.5, 0.6) is 0 Å². The second-order valence-electron chi connectivity index (χ2n) is 7.85. The summed E-state index contributed by atoms with van der Waals surface area (Å²) in [6.07, 6.45) is -1.11. The molecule has 0 spiro atoms. The molecule has 3 nitrogen and oxygen atoms in total. The molecule has 1 amide bonds. The Kier molecular flexibility index (Phi) is 4.96. The Balaban J connectivity index is 1.83. The van der Waals surface area contributed by atoms with Crippen LogP contribution < -0.4 is 4.90 Å². The van der Waals surface area contributed by atoms with Gasteiger partial charge >= 0.3 is 6.18 Å². The summed E-state index contributed by atoms with van der Waals surface area (Å²) in [5, 5.41) is 0. The summed E-state index contributed by atoms with van der Waals surface area (Å²) in [6, 6.07) is 13.3. The summed E-state index contributed by atoms with van der Waals surface area (Å²) in [6.45, 7) is 5.48. The first-order valence-corrected chi connectivity index (χ1v) is 9.96. The van der Waals surface area contributed by atoms with Gasteiger partial charge < -0.3 is 9.47 Å². The number of carbonyl (C=O) groups is 1. The number of para-hydroxylation sites is 2. The number of hydrogen-bond acceptors (Lipinski definition) is 1. The second-order valence-corrected chi connectivity index (χ2v) is 7.85. The molecule has 1 unspecified atom stereocenters. The van der Waals surface area contributed by atoms with E-state index in [9.17, 15) is 18.0 Å². The molecule has 1 aliphatic rings. The number of alkyl halides is 3. The molecule has 30 heavy (non-hydrogen) atoms. The number of nitrogens with zero attached hydrogens (tertiary/aromatic N) is 2. The van der Waals surface area contributed by atoms with E-state index in [1.165, 1.54) is 16.7 Å². The standard InChI is InChI=1S/C24H23F3N2O/c1-15-14-28(21-11-7-5-9-19(21)24(25,26)27)17(3)22(15)23(30)29-16(2)12-13-18-8-4-6-10-20(18)29/h4-11,14,16H,12-13H2,1-3H3. The van der Waals surface area contributed by atoms with E-state index in [2.05, 4.69) is 0 Å². The molecule has 0 saturated carbocycles. The summed E-state index contributed by atoms with van der Waals surface area (Å²) in [5.41, 5.74) is 2.91. The first-order valence-electron chi connectivity index (χ1n) is 9.96. The van der Waals surface area contributed by atoms with Gasteiger partial charge in [-0.1, -0.05) is 30.3 Å². The quantitative estimate of drug-likeness (QED) is 0.500. The smallest absolute Gasteiger partial charge is 0.319 e. The molecule has 0 fully saturated rings. The van der Waals surface area contributed by atoms with Gasteiger partial charge in [0.15, 0.2) is 0 Å². The topological polar surface area (TPSA) is 25.2 Å². The van der Waals surface area contributed by atoms with Crippen molar-refractivity contribution in [2.75, 3.05) is 4.90 Å². The Hall–Kier alpha value is -3.02. The molecule has 1 aromatic heterocycles. The van der Waals surface area contributed by atoms with Gasteiger partial charge in [-0.25, -0.2) is 0 Å². The summed E-state index contributed by atoms with van der Waals surface area (Å²) >= 11 is 0. The molecule has 0 saturated heterocycles. The number of amides is 1. The summed E-state index contributed by atoms with van der Waals surface area (Å²) in [7, 11) is 0. The van der Waals surface area contributed by atoms with Crippen LogP contribution in [0.2, 0.25) is 0 Å². The monoisotopic (exact) mass is 412 g/mol. The molecule has 3 aromatic rings. The van der Waals surface area contributed by atoms with Gasteiger partial charge in [0.2, 0.25) is 0 Å². The van der Waals surface area contributed by atoms with Gasteiger partial charge in [-0.15, -0.1) is 0 Å². The van der Waals surface area contributed by atoms with E-state index < -0.39 is 11.7 Å². The van der Waals surface area contributed by atoms with Gasteiger partial charge in [-0.05, 0) is 62.9 Å². The van der Waals surface area contributed by atoms with E-state index in [-0.39, 0.29) is 17.6 Å². The highest BCUT2D eigenvalue weighted by atomic mass is 19.4. The van der Waals surface area contributed by atoms with Crippen molar-refractivity contribution in [1.29, 1.82) is 0 Å². The van der Waals surface area contributed by atoms with Crippen molar-refractivity contribution in [3.8, 4) is 5.69 Å². The van der Waals surface area contributed by atoms with Gasteiger partial charge in [0.25, 0.3) is 5.91 Å². The minimum absolute atomic E-state index is 0.0111. The molecule has 156 valence electrons. The predicted octanol–water partition coefficient (Wildman–Crippen LogP) is 6.09. The average Bonchev–Trinajstić information content (AvgIpc) is 3.00. The largest absolute Gasteiger partial charge is 0.418 e. The summed E-state index contributed by atoms with van der Waals surface area (Å²) < 4.78 is 42.1. The number of carbonyl (C=O) groups excluding carboxylic acids is 1. The van der Waals surface area contributed by atoms with E-state index in [0.717, 1.165) is 30.2 Å². The minimum Gasteiger partial charge on any atom is -0.319 e. The maximum Gasteiger partial charge on any atom is 0.418 e. The Morgan fingerprint density at radius 2 is 1.63 bits per heavy atom. The van der Waals surface area contributed by atoms with Crippen LogP contribution in [0, 0.1) is 13.8 Å². The summed E-state index contributed by atoms with van der Waals surface area (Å²) in [5.74, 6) is -0.173. The molecular formula is C24H23F3N2O. The van der Waals surface area contributed by atoms with Gasteiger partial charge in [0, 0.05) is 23.6 Å². The molecule has 4 rings (SSSR count). The van der Waals surface area contributed by atoms with Crippen molar-refractivity contribution < 1.29 is 18.0 Å². The lowest BCUT2D eigenvalue weighted by Crippen LogP contribution is -2.42. The van der Waals surface area contributed by atoms with E-state index in [0.29, 0.717) is 16.8 Å². The number of aromatic nitrogens is 1. The normalized spacial score (nSPS) is 16.5. The van der Waals surface area contributed by atoms with Crippen LogP contribution in [0.25, 0.3) is 5.69 Å².